The minimum Gasteiger partial charge on any atom is -0.392 e. The van der Waals surface area contributed by atoms with Gasteiger partial charge in [-0.2, -0.15) is 11.8 Å². The highest BCUT2D eigenvalue weighted by molar-refractivity contribution is 7.99. The summed E-state index contributed by atoms with van der Waals surface area (Å²) < 4.78 is 0. The number of benzene rings is 1. The first-order chi connectivity index (χ1) is 7.93. The quantitative estimate of drug-likeness (QED) is 0.863. The van der Waals surface area contributed by atoms with Crippen molar-refractivity contribution in [2.24, 2.45) is 0 Å². The van der Waals surface area contributed by atoms with E-state index in [1.54, 1.807) is 11.8 Å². The summed E-state index contributed by atoms with van der Waals surface area (Å²) in [5.74, 6) is 1.90. The topological polar surface area (TPSA) is 20.2 Å². The molecule has 0 bridgehead atoms. The van der Waals surface area contributed by atoms with Gasteiger partial charge < -0.3 is 5.11 Å². The smallest absolute Gasteiger partial charge is 0.0670 e. The Morgan fingerprint density at radius 2 is 1.76 bits per heavy atom. The minimum atomic E-state index is -0.222. The number of aliphatic hydroxyl groups is 1. The fourth-order valence-corrected chi connectivity index (χ4v) is 2.35. The van der Waals surface area contributed by atoms with Crippen molar-refractivity contribution in [2.75, 3.05) is 11.5 Å². The Labute approximate surface area is 110 Å². The zero-order valence-corrected chi connectivity index (χ0v) is 12.2. The van der Waals surface area contributed by atoms with Crippen molar-refractivity contribution in [1.82, 2.24) is 0 Å². The van der Waals surface area contributed by atoms with E-state index in [2.05, 4.69) is 52.0 Å². The third-order valence-corrected chi connectivity index (χ3v) is 3.83. The van der Waals surface area contributed by atoms with Gasteiger partial charge >= 0.3 is 0 Å². The minimum absolute atomic E-state index is 0.204. The molecule has 0 aliphatic heterocycles. The first kappa shape index (κ1) is 14.6. The molecule has 1 unspecified atom stereocenters. The van der Waals surface area contributed by atoms with E-state index in [4.69, 9.17) is 0 Å². The molecule has 2 heteroatoms. The van der Waals surface area contributed by atoms with Crippen LogP contribution in [0.2, 0.25) is 0 Å². The van der Waals surface area contributed by atoms with E-state index in [0.29, 0.717) is 0 Å². The van der Waals surface area contributed by atoms with Gasteiger partial charge in [0.25, 0.3) is 0 Å². The third kappa shape index (κ3) is 5.13. The van der Waals surface area contributed by atoms with Crippen LogP contribution in [0.25, 0.3) is 0 Å². The summed E-state index contributed by atoms with van der Waals surface area (Å²) in [6, 6.07) is 8.63. The normalized spacial score (nSPS) is 13.7. The highest BCUT2D eigenvalue weighted by Crippen LogP contribution is 2.22. The van der Waals surface area contributed by atoms with Crippen LogP contribution in [0.5, 0.6) is 0 Å². The third-order valence-electron chi connectivity index (χ3n) is 2.81. The van der Waals surface area contributed by atoms with Crippen molar-refractivity contribution in [2.45, 2.75) is 45.6 Å². The van der Waals surface area contributed by atoms with Crippen LogP contribution in [-0.4, -0.2) is 22.7 Å². The van der Waals surface area contributed by atoms with E-state index in [1.807, 2.05) is 0 Å². The summed E-state index contributed by atoms with van der Waals surface area (Å²) in [7, 11) is 0. The Balaban J connectivity index is 2.56. The number of hydrogen-bond donors (Lipinski definition) is 1. The summed E-state index contributed by atoms with van der Waals surface area (Å²) in [5, 5.41) is 9.84. The van der Waals surface area contributed by atoms with E-state index in [0.717, 1.165) is 17.9 Å². The van der Waals surface area contributed by atoms with Crippen LogP contribution in [-0.2, 0) is 11.8 Å². The lowest BCUT2D eigenvalue weighted by molar-refractivity contribution is 0.200. The van der Waals surface area contributed by atoms with E-state index in [1.165, 1.54) is 11.1 Å². The van der Waals surface area contributed by atoms with Gasteiger partial charge in [-0.1, -0.05) is 52.0 Å². The second-order valence-electron chi connectivity index (χ2n) is 5.46. The molecular formula is C15H24OS. The largest absolute Gasteiger partial charge is 0.392 e. The van der Waals surface area contributed by atoms with Gasteiger partial charge in [0.1, 0.15) is 0 Å². The number of hydrogen-bond acceptors (Lipinski definition) is 2. The molecule has 1 rings (SSSR count). The maximum Gasteiger partial charge on any atom is 0.0670 e. The van der Waals surface area contributed by atoms with Crippen molar-refractivity contribution in [3.63, 3.8) is 0 Å². The van der Waals surface area contributed by atoms with E-state index < -0.39 is 0 Å². The summed E-state index contributed by atoms with van der Waals surface area (Å²) in [6.45, 7) is 8.77. The lowest BCUT2D eigenvalue weighted by Crippen LogP contribution is -2.14. The highest BCUT2D eigenvalue weighted by atomic mass is 32.2. The molecule has 0 fully saturated rings. The summed E-state index contributed by atoms with van der Waals surface area (Å²) in [4.78, 5) is 0. The monoisotopic (exact) mass is 252 g/mol. The Bertz CT molecular complexity index is 324. The summed E-state index contributed by atoms with van der Waals surface area (Å²) in [6.07, 6.45) is 0.540. The average molecular weight is 252 g/mol. The molecule has 1 N–H and O–H groups in total. The Morgan fingerprint density at radius 1 is 1.18 bits per heavy atom. The highest BCUT2D eigenvalue weighted by Gasteiger charge is 2.13. The van der Waals surface area contributed by atoms with Crippen LogP contribution in [0.1, 0.15) is 38.8 Å². The second kappa shape index (κ2) is 6.46. The standard InChI is InChI=1S/C15H24OS/c1-5-17-11-14(16)10-12-6-8-13(9-7-12)15(2,3)4/h6-9,14,16H,5,10-11H2,1-4H3. The SMILES string of the molecule is CCSCC(O)Cc1ccc(C(C)(C)C)cc1. The molecule has 1 nitrogen and oxygen atoms in total. The molecule has 1 aromatic carbocycles. The van der Waals surface area contributed by atoms with Crippen LogP contribution in [0.4, 0.5) is 0 Å². The number of thioether (sulfide) groups is 1. The van der Waals surface area contributed by atoms with Crippen LogP contribution < -0.4 is 0 Å². The Kier molecular flexibility index (Phi) is 5.54. The molecule has 0 spiro atoms. The van der Waals surface area contributed by atoms with Crippen molar-refractivity contribution < 1.29 is 5.11 Å². The molecule has 96 valence electrons. The molecule has 0 saturated carbocycles. The predicted molar refractivity (Wildman–Crippen MR) is 77.9 cm³/mol. The van der Waals surface area contributed by atoms with E-state index in [9.17, 15) is 5.11 Å². The molecule has 0 aromatic heterocycles. The van der Waals surface area contributed by atoms with Gasteiger partial charge in [0.15, 0.2) is 0 Å². The maximum atomic E-state index is 9.84. The van der Waals surface area contributed by atoms with Gasteiger partial charge in [-0.05, 0) is 28.7 Å². The molecule has 1 atom stereocenters. The second-order valence-corrected chi connectivity index (χ2v) is 6.78. The molecule has 0 aliphatic carbocycles. The van der Waals surface area contributed by atoms with Crippen molar-refractivity contribution in [3.05, 3.63) is 35.4 Å². The molecule has 0 radical (unpaired) electrons. The Hall–Kier alpha value is -0.470. The number of rotatable bonds is 5. The van der Waals surface area contributed by atoms with Gasteiger partial charge in [-0.15, -0.1) is 0 Å². The van der Waals surface area contributed by atoms with Crippen LogP contribution >= 0.6 is 11.8 Å². The Morgan fingerprint density at radius 3 is 2.24 bits per heavy atom. The van der Waals surface area contributed by atoms with Crippen LogP contribution in [0, 0.1) is 0 Å². The van der Waals surface area contributed by atoms with Gasteiger partial charge in [0.05, 0.1) is 6.10 Å². The van der Waals surface area contributed by atoms with Gasteiger partial charge in [0.2, 0.25) is 0 Å². The fraction of sp³-hybridized carbons (Fsp3) is 0.600. The van der Waals surface area contributed by atoms with Gasteiger partial charge in [-0.25, -0.2) is 0 Å². The van der Waals surface area contributed by atoms with E-state index in [-0.39, 0.29) is 11.5 Å². The van der Waals surface area contributed by atoms with Crippen molar-refractivity contribution in [1.29, 1.82) is 0 Å². The maximum absolute atomic E-state index is 9.84. The van der Waals surface area contributed by atoms with E-state index >= 15 is 0 Å². The molecule has 0 saturated heterocycles. The molecule has 0 amide bonds. The molecule has 17 heavy (non-hydrogen) atoms. The lowest BCUT2D eigenvalue weighted by atomic mass is 9.86. The van der Waals surface area contributed by atoms with Crippen molar-refractivity contribution >= 4 is 11.8 Å². The zero-order chi connectivity index (χ0) is 12.9. The van der Waals surface area contributed by atoms with Crippen LogP contribution in [0.3, 0.4) is 0 Å². The zero-order valence-electron chi connectivity index (χ0n) is 11.4. The first-order valence-corrected chi connectivity index (χ1v) is 7.44. The molecular weight excluding hydrogens is 228 g/mol. The molecule has 0 aliphatic rings. The van der Waals surface area contributed by atoms with Crippen molar-refractivity contribution in [3.8, 4) is 0 Å². The summed E-state index contributed by atoms with van der Waals surface area (Å²) >= 11 is 1.79. The predicted octanol–water partition coefficient (Wildman–Crippen LogP) is 3.64. The summed E-state index contributed by atoms with van der Waals surface area (Å²) in [5.41, 5.74) is 2.77. The first-order valence-electron chi connectivity index (χ1n) is 6.28. The van der Waals surface area contributed by atoms with Crippen LogP contribution in [0.15, 0.2) is 24.3 Å². The number of aliphatic hydroxyl groups excluding tert-OH is 1. The molecule has 1 aromatic rings. The lowest BCUT2D eigenvalue weighted by Gasteiger charge is -2.19. The van der Waals surface area contributed by atoms with Gasteiger partial charge in [0, 0.05) is 5.75 Å². The fourth-order valence-electron chi connectivity index (χ4n) is 1.73. The molecule has 0 heterocycles. The van der Waals surface area contributed by atoms with Gasteiger partial charge in [-0.3, -0.25) is 0 Å². The average Bonchev–Trinajstić information content (AvgIpc) is 2.26.